The fourth-order valence-electron chi connectivity index (χ4n) is 2.64. The lowest BCUT2D eigenvalue weighted by molar-refractivity contribution is -0.123. The first-order valence-corrected chi connectivity index (χ1v) is 9.32. The van der Waals surface area contributed by atoms with Crippen molar-refractivity contribution in [3.63, 3.8) is 0 Å². The third-order valence-corrected chi connectivity index (χ3v) is 4.34. The molecule has 1 heterocycles. The van der Waals surface area contributed by atoms with Crippen molar-refractivity contribution in [1.29, 1.82) is 0 Å². The molecule has 2 aromatic carbocycles. The summed E-state index contributed by atoms with van der Waals surface area (Å²) in [6.45, 7) is 1.75. The van der Waals surface area contributed by atoms with Crippen LogP contribution >= 0.6 is 12.2 Å². The van der Waals surface area contributed by atoms with Crippen LogP contribution in [0.4, 0.5) is 5.69 Å². The summed E-state index contributed by atoms with van der Waals surface area (Å²) in [5.41, 5.74) is 2.22. The minimum absolute atomic E-state index is 0.0348. The molecule has 8 nitrogen and oxygen atoms in total. The van der Waals surface area contributed by atoms with Gasteiger partial charge in [0, 0.05) is 5.69 Å². The van der Waals surface area contributed by atoms with Crippen molar-refractivity contribution in [3.05, 3.63) is 59.2 Å². The van der Waals surface area contributed by atoms with Gasteiger partial charge in [0.1, 0.15) is 5.57 Å². The zero-order valence-electron chi connectivity index (χ0n) is 16.3. The Bertz CT molecular complexity index is 1030. The van der Waals surface area contributed by atoms with E-state index in [4.69, 9.17) is 21.7 Å². The van der Waals surface area contributed by atoms with Crippen LogP contribution in [0.25, 0.3) is 6.08 Å². The molecule has 9 heteroatoms. The van der Waals surface area contributed by atoms with Gasteiger partial charge in [0.2, 0.25) is 0 Å². The Morgan fingerprint density at radius 3 is 2.37 bits per heavy atom. The molecule has 3 amide bonds. The smallest absolute Gasteiger partial charge is 0.263 e. The molecule has 0 bridgehead atoms. The number of carbonyl (C=O) groups excluding carboxylic acids is 3. The molecule has 0 spiro atoms. The van der Waals surface area contributed by atoms with Gasteiger partial charge in [0.15, 0.2) is 23.2 Å². The fourth-order valence-corrected chi connectivity index (χ4v) is 2.83. The van der Waals surface area contributed by atoms with Gasteiger partial charge in [-0.1, -0.05) is 23.8 Å². The Morgan fingerprint density at radius 2 is 1.73 bits per heavy atom. The lowest BCUT2D eigenvalue weighted by atomic mass is 10.1. The van der Waals surface area contributed by atoms with E-state index in [-0.39, 0.29) is 23.2 Å². The molecule has 2 aromatic rings. The van der Waals surface area contributed by atoms with Gasteiger partial charge in [-0.15, -0.1) is 0 Å². The van der Waals surface area contributed by atoms with E-state index < -0.39 is 11.8 Å². The van der Waals surface area contributed by atoms with Gasteiger partial charge in [-0.05, 0) is 55.0 Å². The Kier molecular flexibility index (Phi) is 6.43. The van der Waals surface area contributed by atoms with Crippen LogP contribution in [0.2, 0.25) is 0 Å². The summed E-state index contributed by atoms with van der Waals surface area (Å²) < 4.78 is 10.9. The van der Waals surface area contributed by atoms with Gasteiger partial charge >= 0.3 is 0 Å². The Hall–Kier alpha value is -3.72. The number of rotatable bonds is 6. The summed E-state index contributed by atoms with van der Waals surface area (Å²) in [6.07, 6.45) is 1.41. The number of hydrogen-bond acceptors (Lipinski definition) is 6. The highest BCUT2D eigenvalue weighted by atomic mass is 32.1. The molecular formula is C21H19N3O5S. The molecule has 154 valence electrons. The van der Waals surface area contributed by atoms with Gasteiger partial charge < -0.3 is 14.8 Å². The SMILES string of the molecule is COc1cc(C=C2C(=O)NC(=S)NC2=O)ccc1OCC(=O)Nc1ccc(C)cc1. The molecule has 3 rings (SSSR count). The molecule has 0 unspecified atom stereocenters. The summed E-state index contributed by atoms with van der Waals surface area (Å²) in [5, 5.41) is 7.44. The number of aryl methyl sites for hydroxylation is 1. The minimum atomic E-state index is -0.587. The van der Waals surface area contributed by atoms with Crippen LogP contribution in [-0.2, 0) is 14.4 Å². The lowest BCUT2D eigenvalue weighted by Crippen LogP contribution is -2.51. The van der Waals surface area contributed by atoms with Crippen molar-refractivity contribution in [1.82, 2.24) is 10.6 Å². The largest absolute Gasteiger partial charge is 0.493 e. The van der Waals surface area contributed by atoms with Crippen molar-refractivity contribution < 1.29 is 23.9 Å². The van der Waals surface area contributed by atoms with Crippen molar-refractivity contribution in [3.8, 4) is 11.5 Å². The highest BCUT2D eigenvalue weighted by molar-refractivity contribution is 7.80. The third-order valence-electron chi connectivity index (χ3n) is 4.14. The quantitative estimate of drug-likeness (QED) is 0.371. The molecular weight excluding hydrogens is 406 g/mol. The second-order valence-corrected chi connectivity index (χ2v) is 6.82. The predicted octanol–water partition coefficient (Wildman–Crippen LogP) is 1.94. The number of ether oxygens (including phenoxy) is 2. The number of thiocarbonyl (C=S) groups is 1. The molecule has 30 heavy (non-hydrogen) atoms. The van der Waals surface area contributed by atoms with E-state index in [9.17, 15) is 14.4 Å². The number of benzene rings is 2. The van der Waals surface area contributed by atoms with Gasteiger partial charge in [-0.3, -0.25) is 25.0 Å². The maximum atomic E-state index is 12.1. The maximum absolute atomic E-state index is 12.1. The number of methoxy groups -OCH3 is 1. The zero-order valence-corrected chi connectivity index (χ0v) is 17.1. The molecule has 1 aliphatic rings. The summed E-state index contributed by atoms with van der Waals surface area (Å²) in [7, 11) is 1.45. The standard InChI is InChI=1S/C21H19N3O5S/c1-12-3-6-14(7-4-12)22-18(25)11-29-16-8-5-13(10-17(16)28-2)9-15-19(26)23-21(30)24-20(15)27/h3-10H,11H2,1-2H3,(H,22,25)(H2,23,24,26,27,30). The molecule has 0 saturated carbocycles. The van der Waals surface area contributed by atoms with Gasteiger partial charge in [0.05, 0.1) is 7.11 Å². The van der Waals surface area contributed by atoms with E-state index in [1.54, 1.807) is 30.3 Å². The number of carbonyl (C=O) groups is 3. The van der Waals surface area contributed by atoms with Crippen molar-refractivity contribution in [2.75, 3.05) is 19.0 Å². The second kappa shape index (κ2) is 9.19. The van der Waals surface area contributed by atoms with Crippen LogP contribution < -0.4 is 25.4 Å². The topological polar surface area (TPSA) is 106 Å². The number of anilines is 1. The molecule has 1 fully saturated rings. The van der Waals surface area contributed by atoms with Crippen LogP contribution in [0, 0.1) is 6.92 Å². The zero-order chi connectivity index (χ0) is 21.7. The molecule has 3 N–H and O–H groups in total. The van der Waals surface area contributed by atoms with Gasteiger partial charge in [-0.25, -0.2) is 0 Å². The first-order chi connectivity index (χ1) is 14.4. The van der Waals surface area contributed by atoms with E-state index in [0.29, 0.717) is 22.7 Å². The van der Waals surface area contributed by atoms with Crippen LogP contribution in [0.3, 0.4) is 0 Å². The Morgan fingerprint density at radius 1 is 1.07 bits per heavy atom. The second-order valence-electron chi connectivity index (χ2n) is 6.41. The Labute approximate surface area is 178 Å². The normalized spacial score (nSPS) is 13.3. The average Bonchev–Trinajstić information content (AvgIpc) is 2.71. The van der Waals surface area contributed by atoms with Crippen molar-refractivity contribution in [2.45, 2.75) is 6.92 Å². The number of amides is 3. The molecule has 0 atom stereocenters. The lowest BCUT2D eigenvalue weighted by Gasteiger charge is -2.16. The first-order valence-electron chi connectivity index (χ1n) is 8.91. The molecule has 0 radical (unpaired) electrons. The average molecular weight is 425 g/mol. The van der Waals surface area contributed by atoms with E-state index in [2.05, 4.69) is 16.0 Å². The van der Waals surface area contributed by atoms with E-state index in [1.165, 1.54) is 13.2 Å². The number of nitrogens with one attached hydrogen (secondary N) is 3. The molecule has 1 saturated heterocycles. The van der Waals surface area contributed by atoms with Gasteiger partial charge in [-0.2, -0.15) is 0 Å². The van der Waals surface area contributed by atoms with Crippen LogP contribution in [0.15, 0.2) is 48.0 Å². The minimum Gasteiger partial charge on any atom is -0.493 e. The Balaban J connectivity index is 1.68. The van der Waals surface area contributed by atoms with Gasteiger partial charge in [0.25, 0.3) is 17.7 Å². The van der Waals surface area contributed by atoms with E-state index in [0.717, 1.165) is 5.56 Å². The molecule has 1 aliphatic heterocycles. The fraction of sp³-hybridized carbons (Fsp3) is 0.143. The summed E-state index contributed by atoms with van der Waals surface area (Å²) >= 11 is 4.77. The highest BCUT2D eigenvalue weighted by Crippen LogP contribution is 2.29. The van der Waals surface area contributed by atoms with Crippen molar-refractivity contribution in [2.24, 2.45) is 0 Å². The monoisotopic (exact) mass is 425 g/mol. The molecule has 0 aliphatic carbocycles. The predicted molar refractivity (Wildman–Crippen MR) is 115 cm³/mol. The number of hydrogen-bond donors (Lipinski definition) is 3. The summed E-state index contributed by atoms with van der Waals surface area (Å²) in [6, 6.07) is 12.2. The third kappa shape index (κ3) is 5.21. The summed E-state index contributed by atoms with van der Waals surface area (Å²) in [4.78, 5) is 36.0. The maximum Gasteiger partial charge on any atom is 0.263 e. The highest BCUT2D eigenvalue weighted by Gasteiger charge is 2.25. The molecule has 0 aromatic heterocycles. The van der Waals surface area contributed by atoms with Crippen molar-refractivity contribution >= 4 is 46.8 Å². The van der Waals surface area contributed by atoms with E-state index in [1.807, 2.05) is 19.1 Å². The summed E-state index contributed by atoms with van der Waals surface area (Å²) in [5.74, 6) is -0.803. The van der Waals surface area contributed by atoms with Crippen LogP contribution in [0.5, 0.6) is 11.5 Å². The first kappa shape index (κ1) is 21.0. The van der Waals surface area contributed by atoms with Crippen LogP contribution in [0.1, 0.15) is 11.1 Å². The van der Waals surface area contributed by atoms with Crippen LogP contribution in [-0.4, -0.2) is 36.6 Å². The van der Waals surface area contributed by atoms with E-state index >= 15 is 0 Å².